The standard InChI is InChI=1S/C13H13F3N2O/c1-9-3-4-11(19-9)8-18(2)12-7-10(5-6-17-12)13(14,15)16/h3-7H,8H2,1-2H3. The maximum absolute atomic E-state index is 12.6. The minimum atomic E-state index is -4.36. The molecule has 0 aliphatic carbocycles. The maximum atomic E-state index is 12.6. The number of halogens is 3. The molecule has 2 aromatic heterocycles. The number of alkyl halides is 3. The third kappa shape index (κ3) is 3.27. The first-order valence-electron chi connectivity index (χ1n) is 5.66. The lowest BCUT2D eigenvalue weighted by atomic mass is 10.2. The molecule has 0 aliphatic rings. The summed E-state index contributed by atoms with van der Waals surface area (Å²) in [6.07, 6.45) is -3.21. The molecule has 0 N–H and O–H groups in total. The van der Waals surface area contributed by atoms with Crippen LogP contribution in [0.25, 0.3) is 0 Å². The molecule has 0 atom stereocenters. The van der Waals surface area contributed by atoms with Crippen molar-refractivity contribution in [2.45, 2.75) is 19.6 Å². The number of pyridine rings is 1. The second-order valence-electron chi connectivity index (χ2n) is 4.27. The van der Waals surface area contributed by atoms with E-state index in [-0.39, 0.29) is 5.82 Å². The van der Waals surface area contributed by atoms with Gasteiger partial charge in [0.15, 0.2) is 0 Å². The Morgan fingerprint density at radius 2 is 2.00 bits per heavy atom. The van der Waals surface area contributed by atoms with E-state index in [1.807, 2.05) is 13.0 Å². The average molecular weight is 270 g/mol. The number of anilines is 1. The van der Waals surface area contributed by atoms with E-state index in [4.69, 9.17) is 4.42 Å². The topological polar surface area (TPSA) is 29.3 Å². The minimum Gasteiger partial charge on any atom is -0.464 e. The molecule has 3 nitrogen and oxygen atoms in total. The van der Waals surface area contributed by atoms with Crippen molar-refractivity contribution in [3.8, 4) is 0 Å². The van der Waals surface area contributed by atoms with E-state index in [0.717, 1.165) is 24.1 Å². The van der Waals surface area contributed by atoms with Crippen LogP contribution in [0.15, 0.2) is 34.9 Å². The van der Waals surface area contributed by atoms with Gasteiger partial charge in [-0.2, -0.15) is 13.2 Å². The molecule has 2 aromatic rings. The molecule has 2 rings (SSSR count). The zero-order valence-electron chi connectivity index (χ0n) is 10.5. The Balaban J connectivity index is 2.17. The molecule has 0 spiro atoms. The Morgan fingerprint density at radius 3 is 2.58 bits per heavy atom. The summed E-state index contributed by atoms with van der Waals surface area (Å²) in [7, 11) is 1.67. The van der Waals surface area contributed by atoms with Crippen LogP contribution in [0, 0.1) is 6.92 Å². The first-order valence-corrected chi connectivity index (χ1v) is 5.66. The molecule has 6 heteroatoms. The second-order valence-corrected chi connectivity index (χ2v) is 4.27. The number of hydrogen-bond donors (Lipinski definition) is 0. The summed E-state index contributed by atoms with van der Waals surface area (Å²) in [6.45, 7) is 2.17. The van der Waals surface area contributed by atoms with Gasteiger partial charge < -0.3 is 9.32 Å². The molecule has 0 unspecified atom stereocenters. The summed E-state index contributed by atoms with van der Waals surface area (Å²) in [6, 6.07) is 5.58. The number of aromatic nitrogens is 1. The molecule has 0 aromatic carbocycles. The Labute approximate surface area is 108 Å². The minimum absolute atomic E-state index is 0.254. The Kier molecular flexibility index (Phi) is 3.50. The van der Waals surface area contributed by atoms with Gasteiger partial charge in [-0.1, -0.05) is 0 Å². The van der Waals surface area contributed by atoms with Crippen LogP contribution in [0.1, 0.15) is 17.1 Å². The first kappa shape index (κ1) is 13.5. The monoisotopic (exact) mass is 270 g/mol. The van der Waals surface area contributed by atoms with Crippen molar-refractivity contribution in [1.82, 2.24) is 4.98 Å². The van der Waals surface area contributed by atoms with Crippen LogP contribution < -0.4 is 4.90 Å². The molecule has 0 bridgehead atoms. The zero-order chi connectivity index (χ0) is 14.0. The molecule has 0 aliphatic heterocycles. The molecule has 0 amide bonds. The molecule has 0 radical (unpaired) electrons. The number of nitrogens with zero attached hydrogens (tertiary/aromatic N) is 2. The third-order valence-corrected chi connectivity index (χ3v) is 2.65. The number of aryl methyl sites for hydroxylation is 1. The van der Waals surface area contributed by atoms with Crippen LogP contribution >= 0.6 is 0 Å². The van der Waals surface area contributed by atoms with E-state index in [0.29, 0.717) is 12.3 Å². The predicted octanol–water partition coefficient (Wildman–Crippen LogP) is 3.64. The summed E-state index contributed by atoms with van der Waals surface area (Å²) in [5, 5.41) is 0. The van der Waals surface area contributed by atoms with Crippen LogP contribution in [-0.2, 0) is 12.7 Å². The molecule has 0 saturated heterocycles. The van der Waals surface area contributed by atoms with Crippen LogP contribution in [0.3, 0.4) is 0 Å². The van der Waals surface area contributed by atoms with Gasteiger partial charge in [0.2, 0.25) is 0 Å². The van der Waals surface area contributed by atoms with E-state index >= 15 is 0 Å². The molecule has 102 valence electrons. The summed E-state index contributed by atoms with van der Waals surface area (Å²) in [5.74, 6) is 1.70. The quantitative estimate of drug-likeness (QED) is 0.852. The van der Waals surface area contributed by atoms with Gasteiger partial charge in [0.25, 0.3) is 0 Å². The van der Waals surface area contributed by atoms with Crippen molar-refractivity contribution in [3.63, 3.8) is 0 Å². The Morgan fingerprint density at radius 1 is 1.26 bits per heavy atom. The number of hydrogen-bond acceptors (Lipinski definition) is 3. The summed E-state index contributed by atoms with van der Waals surface area (Å²) in [5.41, 5.74) is -0.708. The summed E-state index contributed by atoms with van der Waals surface area (Å²) >= 11 is 0. The van der Waals surface area contributed by atoms with Crippen molar-refractivity contribution in [2.24, 2.45) is 0 Å². The number of rotatable bonds is 3. The van der Waals surface area contributed by atoms with Crippen LogP contribution in [-0.4, -0.2) is 12.0 Å². The lowest BCUT2D eigenvalue weighted by molar-refractivity contribution is -0.137. The second kappa shape index (κ2) is 4.95. The highest BCUT2D eigenvalue weighted by Crippen LogP contribution is 2.30. The molecule has 19 heavy (non-hydrogen) atoms. The highest BCUT2D eigenvalue weighted by Gasteiger charge is 2.31. The van der Waals surface area contributed by atoms with Crippen molar-refractivity contribution in [1.29, 1.82) is 0 Å². The van der Waals surface area contributed by atoms with E-state index < -0.39 is 11.7 Å². The molecule has 0 fully saturated rings. The normalized spacial score (nSPS) is 11.6. The van der Waals surface area contributed by atoms with Gasteiger partial charge in [-0.25, -0.2) is 4.98 Å². The third-order valence-electron chi connectivity index (χ3n) is 2.65. The van der Waals surface area contributed by atoms with E-state index in [1.54, 1.807) is 18.0 Å². The van der Waals surface area contributed by atoms with Gasteiger partial charge in [0.1, 0.15) is 17.3 Å². The van der Waals surface area contributed by atoms with Crippen molar-refractivity contribution in [3.05, 3.63) is 47.5 Å². The lowest BCUT2D eigenvalue weighted by Gasteiger charge is -2.18. The van der Waals surface area contributed by atoms with E-state index in [1.165, 1.54) is 0 Å². The summed E-state index contributed by atoms with van der Waals surface area (Å²) < 4.78 is 43.2. The predicted molar refractivity (Wildman–Crippen MR) is 64.8 cm³/mol. The maximum Gasteiger partial charge on any atom is 0.416 e. The van der Waals surface area contributed by atoms with Gasteiger partial charge in [0, 0.05) is 13.2 Å². The molecule has 2 heterocycles. The first-order chi connectivity index (χ1) is 8.86. The van der Waals surface area contributed by atoms with Crippen LogP contribution in [0.2, 0.25) is 0 Å². The fourth-order valence-electron chi connectivity index (χ4n) is 1.69. The average Bonchev–Trinajstić information content (AvgIpc) is 2.74. The van der Waals surface area contributed by atoms with Crippen molar-refractivity contribution >= 4 is 5.82 Å². The van der Waals surface area contributed by atoms with Crippen molar-refractivity contribution in [2.75, 3.05) is 11.9 Å². The van der Waals surface area contributed by atoms with Crippen molar-refractivity contribution < 1.29 is 17.6 Å². The number of furan rings is 1. The summed E-state index contributed by atoms with van der Waals surface area (Å²) in [4.78, 5) is 5.54. The molecule has 0 saturated carbocycles. The van der Waals surface area contributed by atoms with Gasteiger partial charge in [-0.05, 0) is 31.2 Å². The highest BCUT2D eigenvalue weighted by molar-refractivity contribution is 5.41. The molecular weight excluding hydrogens is 257 g/mol. The van der Waals surface area contributed by atoms with Crippen LogP contribution in [0.5, 0.6) is 0 Å². The van der Waals surface area contributed by atoms with Crippen LogP contribution in [0.4, 0.5) is 19.0 Å². The largest absolute Gasteiger partial charge is 0.464 e. The van der Waals surface area contributed by atoms with Gasteiger partial charge in [-0.15, -0.1) is 0 Å². The fourth-order valence-corrected chi connectivity index (χ4v) is 1.69. The van der Waals surface area contributed by atoms with Gasteiger partial charge in [0.05, 0.1) is 12.1 Å². The lowest BCUT2D eigenvalue weighted by Crippen LogP contribution is -2.18. The molecular formula is C13H13F3N2O. The zero-order valence-corrected chi connectivity index (χ0v) is 10.5. The van der Waals surface area contributed by atoms with E-state index in [2.05, 4.69) is 4.98 Å². The van der Waals surface area contributed by atoms with Gasteiger partial charge in [-0.3, -0.25) is 0 Å². The SMILES string of the molecule is Cc1ccc(CN(C)c2cc(C(F)(F)F)ccn2)o1. The van der Waals surface area contributed by atoms with E-state index in [9.17, 15) is 13.2 Å². The smallest absolute Gasteiger partial charge is 0.416 e. The fraction of sp³-hybridized carbons (Fsp3) is 0.308. The Bertz CT molecular complexity index is 563. The van der Waals surface area contributed by atoms with Gasteiger partial charge >= 0.3 is 6.18 Å². The highest BCUT2D eigenvalue weighted by atomic mass is 19.4. The Hall–Kier alpha value is -1.98.